The maximum atomic E-state index is 12.1. The van der Waals surface area contributed by atoms with E-state index in [0.29, 0.717) is 32.6 Å². The third-order valence-corrected chi connectivity index (χ3v) is 3.77. The van der Waals surface area contributed by atoms with Crippen LogP contribution in [0.1, 0.15) is 27.2 Å². The van der Waals surface area contributed by atoms with Crippen molar-refractivity contribution in [3.8, 4) is 0 Å². The highest BCUT2D eigenvalue weighted by Gasteiger charge is 2.29. The molecule has 1 aliphatic rings. The third-order valence-electron chi connectivity index (χ3n) is 3.77. The molecular weight excluding hydrogens is 262 g/mol. The summed E-state index contributed by atoms with van der Waals surface area (Å²) in [7, 11) is 0. The zero-order chi connectivity index (χ0) is 15.3. The molecule has 2 unspecified atom stereocenters. The molecule has 0 spiro atoms. The Labute approximate surface area is 118 Å². The van der Waals surface area contributed by atoms with Crippen LogP contribution in [0.3, 0.4) is 0 Å². The van der Waals surface area contributed by atoms with E-state index in [0.717, 1.165) is 0 Å². The number of nitrogens with zero attached hydrogens (tertiary/aromatic N) is 2. The van der Waals surface area contributed by atoms with Crippen molar-refractivity contribution >= 4 is 17.9 Å². The zero-order valence-corrected chi connectivity index (χ0v) is 12.3. The minimum absolute atomic E-state index is 0.00641. The van der Waals surface area contributed by atoms with Crippen molar-refractivity contribution in [1.29, 1.82) is 0 Å². The van der Waals surface area contributed by atoms with Crippen LogP contribution in [0.4, 0.5) is 4.79 Å². The van der Waals surface area contributed by atoms with Crippen molar-refractivity contribution in [1.82, 2.24) is 15.1 Å². The molecule has 0 radical (unpaired) electrons. The second-order valence-corrected chi connectivity index (χ2v) is 5.14. The molecular formula is C13H23N3O4. The van der Waals surface area contributed by atoms with Gasteiger partial charge in [0.2, 0.25) is 5.91 Å². The normalized spacial score (nSPS) is 18.4. The summed E-state index contributed by atoms with van der Waals surface area (Å²) in [6.45, 7) is 7.02. The number of amides is 3. The number of piperazine rings is 1. The standard InChI is InChI=1S/C13H23N3O4/c1-4-9(2)11(12(18)19)14-13(20)16-7-5-15(6-8-16)10(3)17/h9,11H,4-8H2,1-3H3,(H,14,20)(H,18,19). The van der Waals surface area contributed by atoms with Crippen LogP contribution in [0, 0.1) is 5.92 Å². The summed E-state index contributed by atoms with van der Waals surface area (Å²) >= 11 is 0. The third kappa shape index (κ3) is 4.11. The lowest BCUT2D eigenvalue weighted by molar-refractivity contribution is -0.140. The number of hydrogen-bond acceptors (Lipinski definition) is 3. The zero-order valence-electron chi connectivity index (χ0n) is 12.3. The molecule has 1 rings (SSSR count). The van der Waals surface area contributed by atoms with E-state index in [2.05, 4.69) is 5.32 Å². The molecule has 114 valence electrons. The number of nitrogens with one attached hydrogen (secondary N) is 1. The summed E-state index contributed by atoms with van der Waals surface area (Å²) in [6.07, 6.45) is 0.676. The number of urea groups is 1. The highest BCUT2D eigenvalue weighted by Crippen LogP contribution is 2.09. The first-order valence-electron chi connectivity index (χ1n) is 6.90. The minimum Gasteiger partial charge on any atom is -0.480 e. The highest BCUT2D eigenvalue weighted by molar-refractivity contribution is 5.83. The van der Waals surface area contributed by atoms with Gasteiger partial charge < -0.3 is 20.2 Å². The van der Waals surface area contributed by atoms with Gasteiger partial charge in [-0.25, -0.2) is 9.59 Å². The molecule has 3 amide bonds. The summed E-state index contributed by atoms with van der Waals surface area (Å²) < 4.78 is 0. The first kappa shape index (κ1) is 16.3. The molecule has 7 heteroatoms. The quantitative estimate of drug-likeness (QED) is 0.780. The number of hydrogen-bond donors (Lipinski definition) is 2. The molecule has 2 atom stereocenters. The van der Waals surface area contributed by atoms with E-state index in [1.54, 1.807) is 16.7 Å². The highest BCUT2D eigenvalue weighted by atomic mass is 16.4. The summed E-state index contributed by atoms with van der Waals surface area (Å²) in [5.41, 5.74) is 0. The summed E-state index contributed by atoms with van der Waals surface area (Å²) in [4.78, 5) is 37.7. The maximum absolute atomic E-state index is 12.1. The van der Waals surface area contributed by atoms with E-state index in [9.17, 15) is 14.4 Å². The van der Waals surface area contributed by atoms with Crippen molar-refractivity contribution < 1.29 is 19.5 Å². The molecule has 2 N–H and O–H groups in total. The van der Waals surface area contributed by atoms with E-state index in [-0.39, 0.29) is 17.9 Å². The first-order valence-corrected chi connectivity index (χ1v) is 6.90. The second kappa shape index (κ2) is 7.12. The van der Waals surface area contributed by atoms with E-state index >= 15 is 0 Å². The van der Waals surface area contributed by atoms with Crippen LogP contribution in [0.2, 0.25) is 0 Å². The average molecular weight is 285 g/mol. The average Bonchev–Trinajstić information content (AvgIpc) is 2.43. The van der Waals surface area contributed by atoms with Gasteiger partial charge in [0.1, 0.15) is 6.04 Å². The molecule has 0 aromatic carbocycles. The van der Waals surface area contributed by atoms with Crippen molar-refractivity contribution in [2.45, 2.75) is 33.2 Å². The Morgan fingerprint density at radius 1 is 1.15 bits per heavy atom. The Balaban J connectivity index is 2.54. The van der Waals surface area contributed by atoms with Crippen LogP contribution >= 0.6 is 0 Å². The van der Waals surface area contributed by atoms with Gasteiger partial charge in [0, 0.05) is 33.1 Å². The Kier molecular flexibility index (Phi) is 5.79. The van der Waals surface area contributed by atoms with E-state index in [1.165, 1.54) is 6.92 Å². The molecule has 0 saturated carbocycles. The van der Waals surface area contributed by atoms with Gasteiger partial charge in [-0.3, -0.25) is 4.79 Å². The molecule has 0 bridgehead atoms. The Bertz CT molecular complexity index is 378. The van der Waals surface area contributed by atoms with Gasteiger partial charge in [0.05, 0.1) is 0 Å². The number of carboxylic acids is 1. The fourth-order valence-corrected chi connectivity index (χ4v) is 2.13. The topological polar surface area (TPSA) is 90.0 Å². The van der Waals surface area contributed by atoms with Gasteiger partial charge in [-0.05, 0) is 5.92 Å². The number of carboxylic acid groups (broad SMARTS) is 1. The number of carbonyl (C=O) groups is 3. The van der Waals surface area contributed by atoms with Crippen molar-refractivity contribution in [2.75, 3.05) is 26.2 Å². The fourth-order valence-electron chi connectivity index (χ4n) is 2.13. The lowest BCUT2D eigenvalue weighted by Gasteiger charge is -2.35. The molecule has 0 aromatic rings. The fraction of sp³-hybridized carbons (Fsp3) is 0.769. The Morgan fingerprint density at radius 2 is 1.65 bits per heavy atom. The summed E-state index contributed by atoms with van der Waals surface area (Å²) in [5.74, 6) is -1.15. The van der Waals surface area contributed by atoms with Gasteiger partial charge in [-0.15, -0.1) is 0 Å². The van der Waals surface area contributed by atoms with Gasteiger partial charge in [-0.2, -0.15) is 0 Å². The monoisotopic (exact) mass is 285 g/mol. The predicted molar refractivity (Wildman–Crippen MR) is 73.2 cm³/mol. The molecule has 0 aromatic heterocycles. The van der Waals surface area contributed by atoms with Crippen LogP contribution in [-0.4, -0.2) is 65.0 Å². The maximum Gasteiger partial charge on any atom is 0.326 e. The van der Waals surface area contributed by atoms with Gasteiger partial charge >= 0.3 is 12.0 Å². The van der Waals surface area contributed by atoms with Crippen LogP contribution in [0.15, 0.2) is 0 Å². The number of rotatable bonds is 4. The van der Waals surface area contributed by atoms with Gasteiger partial charge in [-0.1, -0.05) is 20.3 Å². The van der Waals surface area contributed by atoms with E-state index in [4.69, 9.17) is 5.11 Å². The van der Waals surface area contributed by atoms with Gasteiger partial charge in [0.25, 0.3) is 0 Å². The van der Waals surface area contributed by atoms with Crippen molar-refractivity contribution in [3.05, 3.63) is 0 Å². The molecule has 1 aliphatic heterocycles. The van der Waals surface area contributed by atoms with Crippen LogP contribution in [-0.2, 0) is 9.59 Å². The van der Waals surface area contributed by atoms with Gasteiger partial charge in [0.15, 0.2) is 0 Å². The van der Waals surface area contributed by atoms with E-state index < -0.39 is 12.0 Å². The first-order chi connectivity index (χ1) is 9.36. The second-order valence-electron chi connectivity index (χ2n) is 5.14. The SMILES string of the molecule is CCC(C)C(NC(=O)N1CCN(C(C)=O)CC1)C(=O)O. The number of aliphatic carboxylic acids is 1. The smallest absolute Gasteiger partial charge is 0.326 e. The van der Waals surface area contributed by atoms with Crippen LogP contribution in [0.25, 0.3) is 0 Å². The Morgan fingerprint density at radius 3 is 2.05 bits per heavy atom. The Hall–Kier alpha value is -1.79. The number of carbonyl (C=O) groups excluding carboxylic acids is 2. The summed E-state index contributed by atoms with van der Waals surface area (Å²) in [5, 5.41) is 11.7. The molecule has 0 aliphatic carbocycles. The van der Waals surface area contributed by atoms with E-state index in [1.807, 2.05) is 6.92 Å². The predicted octanol–water partition coefficient (Wildman–Crippen LogP) is 0.359. The van der Waals surface area contributed by atoms with Crippen LogP contribution in [0.5, 0.6) is 0 Å². The largest absolute Gasteiger partial charge is 0.480 e. The van der Waals surface area contributed by atoms with Crippen molar-refractivity contribution in [2.24, 2.45) is 5.92 Å². The minimum atomic E-state index is -1.02. The molecule has 20 heavy (non-hydrogen) atoms. The molecule has 1 fully saturated rings. The van der Waals surface area contributed by atoms with Crippen molar-refractivity contribution in [3.63, 3.8) is 0 Å². The van der Waals surface area contributed by atoms with Crippen LogP contribution < -0.4 is 5.32 Å². The molecule has 1 saturated heterocycles. The molecule has 1 heterocycles. The molecule has 7 nitrogen and oxygen atoms in total. The summed E-state index contributed by atoms with van der Waals surface area (Å²) in [6, 6.07) is -1.25. The lowest BCUT2D eigenvalue weighted by atomic mass is 9.99. The lowest BCUT2D eigenvalue weighted by Crippen LogP contribution is -2.56.